The summed E-state index contributed by atoms with van der Waals surface area (Å²) < 4.78 is 38.3. The quantitative estimate of drug-likeness (QED) is 0.0968. The van der Waals surface area contributed by atoms with Crippen molar-refractivity contribution in [3.63, 3.8) is 0 Å². The Labute approximate surface area is 299 Å². The molecule has 10 nitrogen and oxygen atoms in total. The number of halogens is 3. The lowest BCUT2D eigenvalue weighted by Crippen LogP contribution is -2.52. The second kappa shape index (κ2) is 15.5. The van der Waals surface area contributed by atoms with Crippen LogP contribution < -0.4 is 19.5 Å². The van der Waals surface area contributed by atoms with E-state index in [0.717, 1.165) is 25.9 Å². The molecule has 3 saturated heterocycles. The standard InChI is InChI=1S/C37H36Cl2FN3O7/c1-47-31-12-9-24(17-33(31)48-2)32(18-27-28(38)19-43(46)20-29(27)39)49-36(44)23-7-10-25(11-8-23)41-35(26-5-3-4-6-30(26)40)37(45)50-34-21-42-15-13-22(34)14-16-42/h3-12,17,19-20,22,32,34-35,41H,13-16,18,21H2,1-2H3/t32?,34-,35-/m0/s1. The Morgan fingerprint density at radius 1 is 0.980 bits per heavy atom. The molecule has 3 atom stereocenters. The van der Waals surface area contributed by atoms with Crippen molar-refractivity contribution in [2.75, 3.05) is 39.2 Å². The second-order valence-electron chi connectivity index (χ2n) is 12.3. The Kier molecular flexibility index (Phi) is 11.0. The first kappa shape index (κ1) is 35.3. The first-order valence-corrected chi connectivity index (χ1v) is 16.9. The molecule has 4 aromatic rings. The van der Waals surface area contributed by atoms with Crippen molar-refractivity contribution in [1.82, 2.24) is 4.90 Å². The summed E-state index contributed by atoms with van der Waals surface area (Å²) in [7, 11) is 3.00. The van der Waals surface area contributed by atoms with Crippen LogP contribution in [0.25, 0.3) is 0 Å². The minimum Gasteiger partial charge on any atom is -0.619 e. The number of nitrogens with zero attached hydrogens (tertiary/aromatic N) is 2. The molecule has 1 unspecified atom stereocenters. The number of nitrogens with one attached hydrogen (secondary N) is 1. The van der Waals surface area contributed by atoms with E-state index in [1.54, 1.807) is 48.5 Å². The van der Waals surface area contributed by atoms with Gasteiger partial charge in [0.05, 0.1) is 19.8 Å². The third-order valence-corrected chi connectivity index (χ3v) is 9.87. The zero-order valence-corrected chi connectivity index (χ0v) is 29.0. The van der Waals surface area contributed by atoms with Crippen LogP contribution in [0.4, 0.5) is 10.1 Å². The maximum Gasteiger partial charge on any atom is 0.338 e. The molecule has 50 heavy (non-hydrogen) atoms. The number of hydrogen-bond acceptors (Lipinski definition) is 9. The maximum atomic E-state index is 15.0. The molecule has 3 fully saturated rings. The molecular weight excluding hydrogens is 688 g/mol. The molecule has 3 aliphatic rings. The molecule has 13 heteroatoms. The van der Waals surface area contributed by atoms with Crippen LogP contribution in [0.15, 0.2) is 79.1 Å². The van der Waals surface area contributed by atoms with Gasteiger partial charge in [-0.05, 0) is 79.9 Å². The van der Waals surface area contributed by atoms with Gasteiger partial charge < -0.3 is 29.5 Å². The Morgan fingerprint density at radius 2 is 1.66 bits per heavy atom. The summed E-state index contributed by atoms with van der Waals surface area (Å²) in [6.07, 6.45) is 3.17. The van der Waals surface area contributed by atoms with E-state index in [1.807, 2.05) is 0 Å². The van der Waals surface area contributed by atoms with Gasteiger partial charge in [0, 0.05) is 29.8 Å². The lowest BCUT2D eigenvalue weighted by molar-refractivity contribution is -0.605. The van der Waals surface area contributed by atoms with E-state index in [1.165, 1.54) is 44.8 Å². The first-order valence-electron chi connectivity index (χ1n) is 16.2. The number of rotatable bonds is 12. The summed E-state index contributed by atoms with van der Waals surface area (Å²) in [4.78, 5) is 29.4. The van der Waals surface area contributed by atoms with Gasteiger partial charge in [-0.15, -0.1) is 0 Å². The third kappa shape index (κ3) is 7.90. The number of methoxy groups -OCH3 is 2. The number of pyridine rings is 1. The van der Waals surface area contributed by atoms with Crippen LogP contribution in [0.3, 0.4) is 0 Å². The zero-order chi connectivity index (χ0) is 35.4. The minimum absolute atomic E-state index is 0.0470. The van der Waals surface area contributed by atoms with Crippen LogP contribution in [0.2, 0.25) is 10.0 Å². The topological polar surface area (TPSA) is 113 Å². The van der Waals surface area contributed by atoms with Crippen LogP contribution in [-0.2, 0) is 20.7 Å². The summed E-state index contributed by atoms with van der Waals surface area (Å²) in [5.74, 6) is -0.590. The summed E-state index contributed by atoms with van der Waals surface area (Å²) in [6, 6.07) is 16.3. The molecule has 0 radical (unpaired) electrons. The monoisotopic (exact) mass is 723 g/mol. The average molecular weight is 725 g/mol. The highest BCUT2D eigenvalue weighted by Gasteiger charge is 2.38. The van der Waals surface area contributed by atoms with Crippen LogP contribution in [0.5, 0.6) is 11.5 Å². The Bertz CT molecular complexity index is 1830. The van der Waals surface area contributed by atoms with Crippen molar-refractivity contribution < 1.29 is 37.7 Å². The van der Waals surface area contributed by atoms with Crippen molar-refractivity contribution in [1.29, 1.82) is 0 Å². The zero-order valence-electron chi connectivity index (χ0n) is 27.4. The maximum absolute atomic E-state index is 15.0. The van der Waals surface area contributed by atoms with Crippen molar-refractivity contribution in [3.8, 4) is 11.5 Å². The van der Waals surface area contributed by atoms with E-state index in [2.05, 4.69) is 10.2 Å². The smallest absolute Gasteiger partial charge is 0.338 e. The minimum atomic E-state index is -1.12. The largest absolute Gasteiger partial charge is 0.619 e. The number of esters is 2. The van der Waals surface area contributed by atoms with Gasteiger partial charge in [0.2, 0.25) is 0 Å². The number of aromatic nitrogens is 1. The lowest BCUT2D eigenvalue weighted by atomic mass is 9.86. The second-order valence-corrected chi connectivity index (χ2v) is 13.1. The Balaban J connectivity index is 1.22. The van der Waals surface area contributed by atoms with Crippen molar-refractivity contribution in [2.24, 2.45) is 5.92 Å². The van der Waals surface area contributed by atoms with Gasteiger partial charge >= 0.3 is 11.9 Å². The predicted molar refractivity (Wildman–Crippen MR) is 185 cm³/mol. The molecule has 2 bridgehead atoms. The number of ether oxygens (including phenoxy) is 4. The van der Waals surface area contributed by atoms with Crippen molar-refractivity contribution in [3.05, 3.63) is 122 Å². The van der Waals surface area contributed by atoms with E-state index in [-0.39, 0.29) is 39.6 Å². The molecule has 0 spiro atoms. The molecule has 4 heterocycles. The fourth-order valence-corrected chi connectivity index (χ4v) is 7.09. The van der Waals surface area contributed by atoms with Gasteiger partial charge in [-0.3, -0.25) is 4.90 Å². The summed E-state index contributed by atoms with van der Waals surface area (Å²) in [6.45, 7) is 2.66. The normalized spacial score (nSPS) is 19.3. The molecule has 1 aromatic heterocycles. The number of benzene rings is 3. The van der Waals surface area contributed by atoms with E-state index in [4.69, 9.17) is 42.1 Å². The molecule has 3 aromatic carbocycles. The molecule has 1 N–H and O–H groups in total. The van der Waals surface area contributed by atoms with Crippen molar-refractivity contribution in [2.45, 2.75) is 37.5 Å². The van der Waals surface area contributed by atoms with Gasteiger partial charge in [-0.1, -0.05) is 47.5 Å². The van der Waals surface area contributed by atoms with Crippen LogP contribution in [0, 0.1) is 16.9 Å². The number of carbonyl (C=O) groups is 2. The van der Waals surface area contributed by atoms with Crippen molar-refractivity contribution >= 4 is 40.8 Å². The van der Waals surface area contributed by atoms with E-state index >= 15 is 4.39 Å². The molecule has 0 saturated carbocycles. The highest BCUT2D eigenvalue weighted by molar-refractivity contribution is 6.35. The fourth-order valence-electron chi connectivity index (χ4n) is 6.49. The number of carbonyl (C=O) groups excluding carboxylic acids is 2. The first-order chi connectivity index (χ1) is 24.1. The lowest BCUT2D eigenvalue weighted by Gasteiger charge is -2.44. The SMILES string of the molecule is COc1ccc(C(Cc2c(Cl)c[n+]([O-])cc2Cl)OC(=O)c2ccc(N[C@H](C(=O)O[C@H]3CN4CCC3CC4)c3ccccc3F)cc2)cc1OC. The van der Waals surface area contributed by atoms with Gasteiger partial charge in [-0.25, -0.2) is 14.0 Å². The number of fused-ring (bicyclic) bond motifs is 3. The molecule has 262 valence electrons. The highest BCUT2D eigenvalue weighted by atomic mass is 35.5. The average Bonchev–Trinajstić information content (AvgIpc) is 3.12. The van der Waals surface area contributed by atoms with Gasteiger partial charge in [-0.2, -0.15) is 4.73 Å². The molecule has 7 rings (SSSR count). The third-order valence-electron chi connectivity index (χ3n) is 9.22. The van der Waals surface area contributed by atoms with Crippen LogP contribution in [-0.4, -0.2) is 56.8 Å². The number of piperidine rings is 3. The fraction of sp³-hybridized carbons (Fsp3) is 0.324. The van der Waals surface area contributed by atoms with E-state index in [9.17, 15) is 14.8 Å². The Hall–Kier alpha value is -4.58. The Morgan fingerprint density at radius 3 is 2.28 bits per heavy atom. The predicted octanol–water partition coefficient (Wildman–Crippen LogP) is 6.71. The molecule has 0 aliphatic carbocycles. The van der Waals surface area contributed by atoms with Gasteiger partial charge in [0.15, 0.2) is 29.9 Å². The van der Waals surface area contributed by atoms with E-state index < -0.39 is 29.9 Å². The van der Waals surface area contributed by atoms with Gasteiger partial charge in [0.25, 0.3) is 0 Å². The summed E-state index contributed by atoms with van der Waals surface area (Å²) in [5.41, 5.74) is 1.80. The van der Waals surface area contributed by atoms with Crippen LogP contribution in [0.1, 0.15) is 52.0 Å². The number of hydrogen-bond donors (Lipinski definition) is 1. The van der Waals surface area contributed by atoms with E-state index in [0.29, 0.717) is 39.6 Å². The molecule has 0 amide bonds. The molecular formula is C37H36Cl2FN3O7. The highest BCUT2D eigenvalue weighted by Crippen LogP contribution is 2.36. The number of anilines is 1. The summed E-state index contributed by atoms with van der Waals surface area (Å²) >= 11 is 12.8. The summed E-state index contributed by atoms with van der Waals surface area (Å²) in [5, 5.41) is 15.2. The molecule has 3 aliphatic heterocycles. The van der Waals surface area contributed by atoms with Gasteiger partial charge in [0.1, 0.15) is 28.1 Å². The van der Waals surface area contributed by atoms with Crippen LogP contribution >= 0.6 is 23.2 Å².